The van der Waals surface area contributed by atoms with Crippen molar-refractivity contribution in [1.82, 2.24) is 5.32 Å². The van der Waals surface area contributed by atoms with Crippen molar-refractivity contribution in [3.05, 3.63) is 35.4 Å². The highest BCUT2D eigenvalue weighted by Gasteiger charge is 2.11. The van der Waals surface area contributed by atoms with Crippen molar-refractivity contribution in [1.29, 1.82) is 0 Å². The van der Waals surface area contributed by atoms with E-state index >= 15 is 0 Å². The standard InChI is InChI=1S/C17H27N/c1-2-3-6-15-8-10-16(11-9-15)12-13-17-7-4-5-14-18-17/h8-11,17-18H,2-7,12-14H2,1H3. The van der Waals surface area contributed by atoms with Crippen LogP contribution >= 0.6 is 0 Å². The molecule has 1 heterocycles. The van der Waals surface area contributed by atoms with Crippen LogP contribution in [-0.4, -0.2) is 12.6 Å². The summed E-state index contributed by atoms with van der Waals surface area (Å²) in [4.78, 5) is 0. The Bertz CT molecular complexity index is 322. The molecule has 0 bridgehead atoms. The van der Waals surface area contributed by atoms with Crippen LogP contribution < -0.4 is 5.32 Å². The molecule has 1 heteroatoms. The number of rotatable bonds is 6. The average Bonchev–Trinajstić information content (AvgIpc) is 2.45. The maximum atomic E-state index is 3.63. The molecule has 18 heavy (non-hydrogen) atoms. The number of nitrogens with one attached hydrogen (secondary N) is 1. The van der Waals surface area contributed by atoms with Crippen molar-refractivity contribution in [2.24, 2.45) is 0 Å². The highest BCUT2D eigenvalue weighted by atomic mass is 14.9. The zero-order valence-electron chi connectivity index (χ0n) is 11.8. The van der Waals surface area contributed by atoms with E-state index in [4.69, 9.17) is 0 Å². The Hall–Kier alpha value is -0.820. The van der Waals surface area contributed by atoms with Crippen molar-refractivity contribution in [2.75, 3.05) is 6.54 Å². The SMILES string of the molecule is CCCCc1ccc(CCC2CCCCN2)cc1. The van der Waals surface area contributed by atoms with Crippen LogP contribution in [-0.2, 0) is 12.8 Å². The van der Waals surface area contributed by atoms with Gasteiger partial charge in [0.25, 0.3) is 0 Å². The van der Waals surface area contributed by atoms with Gasteiger partial charge in [-0.1, -0.05) is 44.0 Å². The third kappa shape index (κ3) is 4.45. The van der Waals surface area contributed by atoms with Crippen molar-refractivity contribution < 1.29 is 0 Å². The van der Waals surface area contributed by atoms with E-state index in [1.807, 2.05) is 0 Å². The lowest BCUT2D eigenvalue weighted by molar-refractivity contribution is 0.383. The molecule has 1 N–H and O–H groups in total. The van der Waals surface area contributed by atoms with E-state index in [0.717, 1.165) is 6.04 Å². The molecule has 1 aliphatic heterocycles. The first kappa shape index (κ1) is 13.6. The van der Waals surface area contributed by atoms with Crippen LogP contribution in [0.5, 0.6) is 0 Å². The molecule has 0 aromatic heterocycles. The van der Waals surface area contributed by atoms with Crippen molar-refractivity contribution in [3.8, 4) is 0 Å². The molecule has 0 radical (unpaired) electrons. The highest BCUT2D eigenvalue weighted by Crippen LogP contribution is 2.14. The summed E-state index contributed by atoms with van der Waals surface area (Å²) >= 11 is 0. The Morgan fingerprint density at radius 2 is 1.78 bits per heavy atom. The largest absolute Gasteiger partial charge is 0.314 e. The molecule has 1 nitrogen and oxygen atoms in total. The van der Waals surface area contributed by atoms with Gasteiger partial charge in [-0.3, -0.25) is 0 Å². The van der Waals surface area contributed by atoms with Gasteiger partial charge in [-0.15, -0.1) is 0 Å². The van der Waals surface area contributed by atoms with Gasteiger partial charge in [-0.25, -0.2) is 0 Å². The van der Waals surface area contributed by atoms with Crippen molar-refractivity contribution in [2.45, 2.75) is 64.3 Å². The summed E-state index contributed by atoms with van der Waals surface area (Å²) in [5.41, 5.74) is 3.00. The topological polar surface area (TPSA) is 12.0 Å². The first-order chi connectivity index (χ1) is 8.88. The highest BCUT2D eigenvalue weighted by molar-refractivity contribution is 5.22. The Labute approximate surface area is 112 Å². The predicted molar refractivity (Wildman–Crippen MR) is 79.0 cm³/mol. The second-order valence-electron chi connectivity index (χ2n) is 5.61. The van der Waals surface area contributed by atoms with Crippen LogP contribution in [0.3, 0.4) is 0 Å². The summed E-state index contributed by atoms with van der Waals surface area (Å²) in [5.74, 6) is 0. The molecular formula is C17H27N. The molecule has 1 aromatic carbocycles. The number of benzene rings is 1. The third-order valence-electron chi connectivity index (χ3n) is 4.04. The van der Waals surface area contributed by atoms with Gasteiger partial charge in [0.2, 0.25) is 0 Å². The molecule has 1 atom stereocenters. The van der Waals surface area contributed by atoms with E-state index in [2.05, 4.69) is 36.5 Å². The van der Waals surface area contributed by atoms with Crippen LogP contribution in [0.1, 0.15) is 56.6 Å². The summed E-state index contributed by atoms with van der Waals surface area (Å²) < 4.78 is 0. The summed E-state index contributed by atoms with van der Waals surface area (Å²) in [5, 5.41) is 3.63. The lowest BCUT2D eigenvalue weighted by atomic mass is 9.97. The van der Waals surface area contributed by atoms with Gasteiger partial charge in [0.15, 0.2) is 0 Å². The number of hydrogen-bond donors (Lipinski definition) is 1. The van der Waals surface area contributed by atoms with Crippen LogP contribution in [0.15, 0.2) is 24.3 Å². The fourth-order valence-electron chi connectivity index (χ4n) is 2.76. The van der Waals surface area contributed by atoms with E-state index in [9.17, 15) is 0 Å². The Morgan fingerprint density at radius 1 is 1.06 bits per heavy atom. The number of unbranched alkanes of at least 4 members (excludes halogenated alkanes) is 1. The molecule has 0 saturated carbocycles. The van der Waals surface area contributed by atoms with Crippen LogP contribution in [0.4, 0.5) is 0 Å². The van der Waals surface area contributed by atoms with E-state index in [1.54, 1.807) is 0 Å². The first-order valence-electron chi connectivity index (χ1n) is 7.69. The minimum atomic E-state index is 0.763. The monoisotopic (exact) mass is 245 g/mol. The van der Waals surface area contributed by atoms with Gasteiger partial charge < -0.3 is 5.32 Å². The molecular weight excluding hydrogens is 218 g/mol. The van der Waals surface area contributed by atoms with Crippen molar-refractivity contribution in [3.63, 3.8) is 0 Å². The maximum absolute atomic E-state index is 3.63. The molecule has 0 spiro atoms. The van der Waals surface area contributed by atoms with Gasteiger partial charge in [-0.2, -0.15) is 0 Å². The molecule has 1 fully saturated rings. The molecule has 100 valence electrons. The van der Waals surface area contributed by atoms with Gasteiger partial charge in [0.1, 0.15) is 0 Å². The van der Waals surface area contributed by atoms with Crippen LogP contribution in [0.25, 0.3) is 0 Å². The van der Waals surface area contributed by atoms with Crippen LogP contribution in [0, 0.1) is 0 Å². The summed E-state index contributed by atoms with van der Waals surface area (Å²) in [6.07, 6.45) is 10.5. The predicted octanol–water partition coefficient (Wildman–Crippen LogP) is 4.10. The lowest BCUT2D eigenvalue weighted by Gasteiger charge is -2.23. The van der Waals surface area contributed by atoms with Gasteiger partial charge in [0, 0.05) is 6.04 Å². The van der Waals surface area contributed by atoms with Gasteiger partial charge in [-0.05, 0) is 56.2 Å². The zero-order valence-corrected chi connectivity index (χ0v) is 11.8. The summed E-state index contributed by atoms with van der Waals surface area (Å²) in [6, 6.07) is 10.1. The Morgan fingerprint density at radius 3 is 2.39 bits per heavy atom. The molecule has 1 aromatic rings. The molecule has 0 amide bonds. The van der Waals surface area contributed by atoms with Gasteiger partial charge in [0.05, 0.1) is 0 Å². The second-order valence-corrected chi connectivity index (χ2v) is 5.61. The number of piperidine rings is 1. The molecule has 1 unspecified atom stereocenters. The number of hydrogen-bond acceptors (Lipinski definition) is 1. The van der Waals surface area contributed by atoms with E-state index in [0.29, 0.717) is 0 Å². The van der Waals surface area contributed by atoms with Gasteiger partial charge >= 0.3 is 0 Å². The normalized spacial score (nSPS) is 19.9. The molecule has 0 aliphatic carbocycles. The summed E-state index contributed by atoms with van der Waals surface area (Å²) in [6.45, 7) is 3.48. The maximum Gasteiger partial charge on any atom is 0.00702 e. The minimum absolute atomic E-state index is 0.763. The average molecular weight is 245 g/mol. The Kier molecular flexibility index (Phi) is 5.73. The van der Waals surface area contributed by atoms with E-state index in [1.165, 1.54) is 69.0 Å². The third-order valence-corrected chi connectivity index (χ3v) is 4.04. The van der Waals surface area contributed by atoms with E-state index < -0.39 is 0 Å². The van der Waals surface area contributed by atoms with Crippen LogP contribution in [0.2, 0.25) is 0 Å². The Balaban J connectivity index is 1.75. The zero-order chi connectivity index (χ0) is 12.6. The second kappa shape index (κ2) is 7.58. The lowest BCUT2D eigenvalue weighted by Crippen LogP contribution is -2.34. The first-order valence-corrected chi connectivity index (χ1v) is 7.69. The fourth-order valence-corrected chi connectivity index (χ4v) is 2.76. The fraction of sp³-hybridized carbons (Fsp3) is 0.647. The smallest absolute Gasteiger partial charge is 0.00702 e. The van der Waals surface area contributed by atoms with E-state index in [-0.39, 0.29) is 0 Å². The quantitative estimate of drug-likeness (QED) is 0.795. The minimum Gasteiger partial charge on any atom is -0.314 e. The summed E-state index contributed by atoms with van der Waals surface area (Å²) in [7, 11) is 0. The molecule has 1 saturated heterocycles. The number of aryl methyl sites for hydroxylation is 2. The van der Waals surface area contributed by atoms with Crippen molar-refractivity contribution >= 4 is 0 Å². The molecule has 1 aliphatic rings. The molecule has 2 rings (SSSR count).